The van der Waals surface area contributed by atoms with Crippen molar-refractivity contribution in [1.29, 1.82) is 0 Å². The van der Waals surface area contributed by atoms with Crippen molar-refractivity contribution in [2.24, 2.45) is 5.10 Å². The summed E-state index contributed by atoms with van der Waals surface area (Å²) in [5, 5.41) is 3.61. The highest BCUT2D eigenvalue weighted by atomic mass is 35.5. The Labute approximate surface area is 147 Å². The molecule has 0 aliphatic heterocycles. The number of rotatable bonds is 4. The molecule has 0 spiro atoms. The van der Waals surface area contributed by atoms with Gasteiger partial charge in [0.05, 0.1) is 24.0 Å². The van der Waals surface area contributed by atoms with E-state index >= 15 is 0 Å². The van der Waals surface area contributed by atoms with Crippen LogP contribution in [-0.2, 0) is 0 Å². The molecule has 0 bridgehead atoms. The minimum Gasteiger partial charge on any atom is -0.496 e. The van der Waals surface area contributed by atoms with E-state index in [0.29, 0.717) is 11.3 Å². The zero-order valence-electron chi connectivity index (χ0n) is 11.8. The van der Waals surface area contributed by atoms with E-state index in [1.807, 2.05) is 12.1 Å². The molecule has 120 valence electrons. The largest absolute Gasteiger partial charge is 0.496 e. The van der Waals surface area contributed by atoms with Gasteiger partial charge in [-0.1, -0.05) is 46.9 Å². The molecule has 0 radical (unpaired) electrons. The number of ether oxygens (including phenoxy) is 1. The smallest absolute Gasteiger partial charge is 0.291 e. The highest BCUT2D eigenvalue weighted by Gasteiger charge is 2.19. The monoisotopic (exact) mass is 372 g/mol. The number of halogens is 3. The van der Waals surface area contributed by atoms with E-state index in [2.05, 4.69) is 15.5 Å². The molecule has 23 heavy (non-hydrogen) atoms. The fraction of sp³-hybridized carbons (Fsp3) is 0.0714. The van der Waals surface area contributed by atoms with Gasteiger partial charge >= 0.3 is 0 Å². The summed E-state index contributed by atoms with van der Waals surface area (Å²) in [5.41, 5.74) is 8.43. The molecule has 9 heteroatoms. The van der Waals surface area contributed by atoms with Gasteiger partial charge in [0.1, 0.15) is 10.8 Å². The lowest BCUT2D eigenvalue weighted by atomic mass is 10.2. The van der Waals surface area contributed by atoms with E-state index in [-0.39, 0.29) is 26.6 Å². The molecular weight excluding hydrogens is 363 g/mol. The van der Waals surface area contributed by atoms with Gasteiger partial charge in [0.2, 0.25) is 0 Å². The average molecular weight is 374 g/mol. The second-order valence-electron chi connectivity index (χ2n) is 4.23. The van der Waals surface area contributed by atoms with Crippen molar-refractivity contribution in [3.05, 3.63) is 50.7 Å². The van der Waals surface area contributed by atoms with Gasteiger partial charge < -0.3 is 10.5 Å². The fourth-order valence-electron chi connectivity index (χ4n) is 1.67. The third-order valence-corrected chi connectivity index (χ3v) is 3.93. The van der Waals surface area contributed by atoms with Gasteiger partial charge in [-0.25, -0.2) is 10.4 Å². The third kappa shape index (κ3) is 3.85. The third-order valence-electron chi connectivity index (χ3n) is 2.80. The number of hydrogen-bond acceptors (Lipinski definition) is 5. The maximum absolute atomic E-state index is 12.1. The molecule has 1 aromatic carbocycles. The molecule has 2 aromatic rings. The molecule has 1 aromatic heterocycles. The van der Waals surface area contributed by atoms with Gasteiger partial charge in [-0.2, -0.15) is 5.10 Å². The number of para-hydroxylation sites is 1. The Bertz CT molecular complexity index is 781. The Morgan fingerprint density at radius 1 is 1.30 bits per heavy atom. The predicted molar refractivity (Wildman–Crippen MR) is 91.7 cm³/mol. The summed E-state index contributed by atoms with van der Waals surface area (Å²) in [5.74, 6) is -0.0631. The number of pyridine rings is 1. The summed E-state index contributed by atoms with van der Waals surface area (Å²) < 4.78 is 5.17. The molecule has 0 aliphatic carbocycles. The Morgan fingerprint density at radius 3 is 2.70 bits per heavy atom. The lowest BCUT2D eigenvalue weighted by Gasteiger charge is -2.07. The number of hydrazone groups is 1. The van der Waals surface area contributed by atoms with Crippen molar-refractivity contribution < 1.29 is 9.53 Å². The first-order valence-electron chi connectivity index (χ1n) is 6.22. The number of aromatic nitrogens is 1. The number of nitrogen functional groups attached to an aromatic ring is 1. The van der Waals surface area contributed by atoms with Gasteiger partial charge in [0.25, 0.3) is 5.91 Å². The van der Waals surface area contributed by atoms with Crippen LogP contribution in [0.2, 0.25) is 15.2 Å². The van der Waals surface area contributed by atoms with Crippen LogP contribution in [0.1, 0.15) is 16.1 Å². The SMILES string of the molecule is COc1ccccc1/C=N/NC(=O)c1nc(Cl)c(Cl)c(N)c1Cl. The molecule has 0 unspecified atom stereocenters. The molecule has 2 rings (SSSR count). The average Bonchev–Trinajstić information content (AvgIpc) is 2.56. The number of hydrogen-bond donors (Lipinski definition) is 2. The van der Waals surface area contributed by atoms with Crippen molar-refractivity contribution in [3.63, 3.8) is 0 Å². The highest BCUT2D eigenvalue weighted by molar-refractivity contribution is 6.46. The first kappa shape index (κ1) is 17.3. The number of anilines is 1. The van der Waals surface area contributed by atoms with Crippen LogP contribution in [0.3, 0.4) is 0 Å². The van der Waals surface area contributed by atoms with Crippen molar-refractivity contribution >= 4 is 52.6 Å². The maximum atomic E-state index is 12.1. The van der Waals surface area contributed by atoms with Gasteiger partial charge in [-0.15, -0.1) is 0 Å². The van der Waals surface area contributed by atoms with Crippen LogP contribution in [0.15, 0.2) is 29.4 Å². The first-order valence-corrected chi connectivity index (χ1v) is 7.35. The number of amides is 1. The molecule has 0 saturated carbocycles. The van der Waals surface area contributed by atoms with Crippen LogP contribution in [0.25, 0.3) is 0 Å². The van der Waals surface area contributed by atoms with E-state index in [1.165, 1.54) is 13.3 Å². The Morgan fingerprint density at radius 2 is 2.00 bits per heavy atom. The molecule has 1 heterocycles. The number of nitrogens with zero attached hydrogens (tertiary/aromatic N) is 2. The lowest BCUT2D eigenvalue weighted by Crippen LogP contribution is -2.20. The summed E-state index contributed by atoms with van der Waals surface area (Å²) in [4.78, 5) is 15.9. The molecule has 0 fully saturated rings. The van der Waals surface area contributed by atoms with Crippen molar-refractivity contribution in [2.45, 2.75) is 0 Å². The van der Waals surface area contributed by atoms with E-state index in [1.54, 1.807) is 12.1 Å². The van der Waals surface area contributed by atoms with E-state index in [4.69, 9.17) is 45.3 Å². The van der Waals surface area contributed by atoms with Crippen LogP contribution >= 0.6 is 34.8 Å². The number of methoxy groups -OCH3 is 1. The van der Waals surface area contributed by atoms with E-state index in [0.717, 1.165) is 0 Å². The first-order chi connectivity index (χ1) is 11.0. The Kier molecular flexibility index (Phi) is 5.65. The summed E-state index contributed by atoms with van der Waals surface area (Å²) in [6.45, 7) is 0. The second-order valence-corrected chi connectivity index (χ2v) is 5.35. The zero-order valence-corrected chi connectivity index (χ0v) is 14.1. The van der Waals surface area contributed by atoms with Gasteiger partial charge in [-0.3, -0.25) is 4.79 Å². The molecule has 0 atom stereocenters. The van der Waals surface area contributed by atoms with Crippen molar-refractivity contribution in [3.8, 4) is 5.75 Å². The number of carbonyl (C=O) groups is 1. The summed E-state index contributed by atoms with van der Waals surface area (Å²) in [7, 11) is 1.54. The van der Waals surface area contributed by atoms with Crippen LogP contribution in [0, 0.1) is 0 Å². The van der Waals surface area contributed by atoms with Gasteiger partial charge in [0, 0.05) is 5.56 Å². The summed E-state index contributed by atoms with van der Waals surface area (Å²) in [6, 6.07) is 7.17. The van der Waals surface area contributed by atoms with Gasteiger partial charge in [-0.05, 0) is 12.1 Å². The number of nitrogens with two attached hydrogens (primary N) is 1. The highest BCUT2D eigenvalue weighted by Crippen LogP contribution is 2.34. The van der Waals surface area contributed by atoms with Crippen LogP contribution in [-0.4, -0.2) is 24.2 Å². The summed E-state index contributed by atoms with van der Waals surface area (Å²) in [6.07, 6.45) is 1.42. The number of benzene rings is 1. The van der Waals surface area contributed by atoms with E-state index < -0.39 is 5.91 Å². The standard InChI is InChI=1S/C14H11Cl3N4O2/c1-23-8-5-3-2-4-7(8)6-19-21-14(22)12-9(15)11(18)10(16)13(17)20-12/h2-6H,1H3,(H2,18,20)(H,21,22)/b19-6+. The molecule has 0 saturated heterocycles. The minimum absolute atomic E-state index is 0.00857. The Hall–Kier alpha value is -2.02. The maximum Gasteiger partial charge on any atom is 0.291 e. The zero-order chi connectivity index (χ0) is 17.0. The second kappa shape index (κ2) is 7.50. The van der Waals surface area contributed by atoms with E-state index in [9.17, 15) is 4.79 Å². The number of carbonyl (C=O) groups excluding carboxylic acids is 1. The quantitative estimate of drug-likeness (QED) is 0.488. The fourth-order valence-corrected chi connectivity index (χ4v) is 2.26. The minimum atomic E-state index is -0.675. The van der Waals surface area contributed by atoms with Crippen LogP contribution in [0.4, 0.5) is 5.69 Å². The molecule has 1 amide bonds. The molecular formula is C14H11Cl3N4O2. The Balaban J connectivity index is 2.19. The van der Waals surface area contributed by atoms with Crippen molar-refractivity contribution in [1.82, 2.24) is 10.4 Å². The number of nitrogens with one attached hydrogen (secondary N) is 1. The normalized spacial score (nSPS) is 10.8. The van der Waals surface area contributed by atoms with Gasteiger partial charge in [0.15, 0.2) is 10.8 Å². The summed E-state index contributed by atoms with van der Waals surface area (Å²) >= 11 is 17.5. The molecule has 0 aliphatic rings. The lowest BCUT2D eigenvalue weighted by molar-refractivity contribution is 0.0950. The van der Waals surface area contributed by atoms with Crippen molar-refractivity contribution in [2.75, 3.05) is 12.8 Å². The molecule has 3 N–H and O–H groups in total. The van der Waals surface area contributed by atoms with Crippen LogP contribution in [0.5, 0.6) is 5.75 Å². The van der Waals surface area contributed by atoms with Crippen LogP contribution < -0.4 is 15.9 Å². The predicted octanol–water partition coefficient (Wildman–Crippen LogP) is 3.40. The topological polar surface area (TPSA) is 89.6 Å². The molecule has 6 nitrogen and oxygen atoms in total.